The molecule has 2 aromatic carbocycles. The highest BCUT2D eigenvalue weighted by Gasteiger charge is 2.43. The fraction of sp³-hybridized carbons (Fsp3) is 0.250. The average Bonchev–Trinajstić information content (AvgIpc) is 3.24. The molecule has 6 nitrogen and oxygen atoms in total. The molecule has 0 unspecified atom stereocenters. The van der Waals surface area contributed by atoms with Crippen molar-refractivity contribution in [3.63, 3.8) is 0 Å². The molecule has 0 bridgehead atoms. The number of fused-ring (bicyclic) bond motifs is 1. The van der Waals surface area contributed by atoms with Crippen molar-refractivity contribution in [2.45, 2.75) is 32.9 Å². The predicted molar refractivity (Wildman–Crippen MR) is 131 cm³/mol. The Kier molecular flexibility index (Phi) is 6.43. The normalized spacial score (nSPS) is 18.9. The number of nitrogens with one attached hydrogen (secondary N) is 1. The third-order valence-corrected chi connectivity index (χ3v) is 7.02. The molecule has 2 aliphatic heterocycles. The second-order valence-corrected chi connectivity index (χ2v) is 9.32. The molecule has 2 aromatic rings. The highest BCUT2D eigenvalue weighted by molar-refractivity contribution is 8.26. The fourth-order valence-electron chi connectivity index (χ4n) is 3.75. The molecule has 1 fully saturated rings. The van der Waals surface area contributed by atoms with E-state index in [0.717, 1.165) is 23.7 Å². The maximum atomic E-state index is 13.4. The van der Waals surface area contributed by atoms with Crippen LogP contribution in [0.15, 0.2) is 59.5 Å². The second-order valence-electron chi connectivity index (χ2n) is 7.68. The topological polar surface area (TPSA) is 69.7 Å². The third kappa shape index (κ3) is 4.08. The number of carbonyl (C=O) groups is 3. The number of thioether (sulfide) groups is 1. The number of benzene rings is 2. The van der Waals surface area contributed by atoms with Crippen LogP contribution in [0.5, 0.6) is 0 Å². The van der Waals surface area contributed by atoms with E-state index < -0.39 is 0 Å². The molecule has 0 aliphatic carbocycles. The van der Waals surface area contributed by atoms with Gasteiger partial charge in [-0.1, -0.05) is 79.4 Å². The maximum absolute atomic E-state index is 13.4. The van der Waals surface area contributed by atoms with Crippen LogP contribution in [0.3, 0.4) is 0 Å². The van der Waals surface area contributed by atoms with Gasteiger partial charge in [0.2, 0.25) is 5.91 Å². The van der Waals surface area contributed by atoms with Gasteiger partial charge in [0.15, 0.2) is 0 Å². The first-order chi connectivity index (χ1) is 15.4. The predicted octanol–water partition coefficient (Wildman–Crippen LogP) is 3.72. The van der Waals surface area contributed by atoms with Crippen LogP contribution in [0.1, 0.15) is 31.4 Å². The van der Waals surface area contributed by atoms with Crippen LogP contribution in [0, 0.1) is 0 Å². The molecule has 0 saturated carbocycles. The number of amides is 3. The molecule has 4 rings (SSSR count). The van der Waals surface area contributed by atoms with E-state index in [1.165, 1.54) is 4.90 Å². The van der Waals surface area contributed by atoms with E-state index in [-0.39, 0.29) is 30.3 Å². The molecule has 1 atom stereocenters. The molecule has 2 aliphatic rings. The van der Waals surface area contributed by atoms with Crippen LogP contribution >= 0.6 is 24.0 Å². The van der Waals surface area contributed by atoms with E-state index in [4.69, 9.17) is 12.2 Å². The second kappa shape index (κ2) is 9.26. The van der Waals surface area contributed by atoms with Crippen molar-refractivity contribution in [3.05, 3.63) is 70.6 Å². The summed E-state index contributed by atoms with van der Waals surface area (Å²) in [4.78, 5) is 42.5. The van der Waals surface area contributed by atoms with Gasteiger partial charge in [-0.15, -0.1) is 0 Å². The molecule has 1 N–H and O–H groups in total. The van der Waals surface area contributed by atoms with Crippen LogP contribution in [0.4, 0.5) is 5.69 Å². The molecule has 0 spiro atoms. The van der Waals surface area contributed by atoms with Crippen molar-refractivity contribution in [1.29, 1.82) is 0 Å². The van der Waals surface area contributed by atoms with Gasteiger partial charge in [-0.25, -0.2) is 0 Å². The van der Waals surface area contributed by atoms with Gasteiger partial charge in [0, 0.05) is 18.2 Å². The quantitative estimate of drug-likeness (QED) is 0.520. The van der Waals surface area contributed by atoms with Crippen molar-refractivity contribution < 1.29 is 14.4 Å². The number of rotatable bonds is 6. The molecular weight excluding hydrogens is 442 g/mol. The van der Waals surface area contributed by atoms with Crippen LogP contribution < -0.4 is 10.2 Å². The summed E-state index contributed by atoms with van der Waals surface area (Å²) in [7, 11) is 0. The van der Waals surface area contributed by atoms with Gasteiger partial charge in [0.05, 0.1) is 16.2 Å². The number of thiocarbonyl (C=S) groups is 1. The minimum Gasteiger partial charge on any atom is -0.350 e. The van der Waals surface area contributed by atoms with Crippen molar-refractivity contribution in [2.75, 3.05) is 11.4 Å². The minimum absolute atomic E-state index is 0.0489. The lowest BCUT2D eigenvalue weighted by Crippen LogP contribution is -2.39. The molecule has 3 amide bonds. The van der Waals surface area contributed by atoms with E-state index in [0.29, 0.717) is 32.6 Å². The molecule has 1 saturated heterocycles. The zero-order valence-electron chi connectivity index (χ0n) is 17.8. The van der Waals surface area contributed by atoms with Crippen LogP contribution in [0.25, 0.3) is 5.57 Å². The molecule has 2 heterocycles. The highest BCUT2D eigenvalue weighted by Crippen LogP contribution is 2.45. The van der Waals surface area contributed by atoms with Gasteiger partial charge < -0.3 is 5.32 Å². The van der Waals surface area contributed by atoms with Crippen LogP contribution in [-0.2, 0) is 20.9 Å². The summed E-state index contributed by atoms with van der Waals surface area (Å²) in [5.74, 6) is -0.876. The summed E-state index contributed by atoms with van der Waals surface area (Å²) in [6.45, 7) is 4.18. The Bertz CT molecular complexity index is 1130. The zero-order chi connectivity index (χ0) is 22.8. The van der Waals surface area contributed by atoms with Crippen molar-refractivity contribution in [1.82, 2.24) is 10.2 Å². The molecular formula is C24H23N3O3S2. The van der Waals surface area contributed by atoms with Crippen LogP contribution in [0.2, 0.25) is 0 Å². The minimum atomic E-state index is -0.356. The van der Waals surface area contributed by atoms with Gasteiger partial charge in [0.25, 0.3) is 11.8 Å². The first-order valence-corrected chi connectivity index (χ1v) is 11.7. The number of hydrogen-bond acceptors (Lipinski definition) is 5. The van der Waals surface area contributed by atoms with Gasteiger partial charge in [0.1, 0.15) is 10.9 Å². The summed E-state index contributed by atoms with van der Waals surface area (Å²) < 4.78 is 0.455. The number of para-hydroxylation sites is 1. The third-order valence-electron chi connectivity index (χ3n) is 5.62. The SMILES string of the molecule is CC[C@@H](C)N1C(=O)/C(=C2/C(=O)N(CC(=O)NCc3ccccc3)c3ccccc32)SC1=S. The van der Waals surface area contributed by atoms with E-state index >= 15 is 0 Å². The van der Waals surface area contributed by atoms with Crippen molar-refractivity contribution in [3.8, 4) is 0 Å². The van der Waals surface area contributed by atoms with E-state index in [1.807, 2.05) is 56.3 Å². The van der Waals surface area contributed by atoms with Crippen molar-refractivity contribution in [2.24, 2.45) is 0 Å². The maximum Gasteiger partial charge on any atom is 0.267 e. The summed E-state index contributed by atoms with van der Waals surface area (Å²) in [5.41, 5.74) is 2.57. The molecule has 0 aromatic heterocycles. The number of nitrogens with zero attached hydrogens (tertiary/aromatic N) is 2. The molecule has 0 radical (unpaired) electrons. The van der Waals surface area contributed by atoms with E-state index in [2.05, 4.69) is 5.32 Å². The Morgan fingerprint density at radius 3 is 2.47 bits per heavy atom. The zero-order valence-corrected chi connectivity index (χ0v) is 19.5. The lowest BCUT2D eigenvalue weighted by atomic mass is 10.1. The van der Waals surface area contributed by atoms with Gasteiger partial charge in [-0.3, -0.25) is 24.2 Å². The van der Waals surface area contributed by atoms with E-state index in [1.54, 1.807) is 17.0 Å². The standard InChI is InChI=1S/C24H23N3O3S2/c1-3-15(2)27-23(30)21(32-24(27)31)20-17-11-7-8-12-18(17)26(22(20)29)14-19(28)25-13-16-9-5-4-6-10-16/h4-12,15H,3,13-14H2,1-2H3,(H,25,28)/b21-20-/t15-/m1/s1. The Hall–Kier alpha value is -2.97. The van der Waals surface area contributed by atoms with Gasteiger partial charge >= 0.3 is 0 Å². The van der Waals surface area contributed by atoms with Gasteiger partial charge in [-0.2, -0.15) is 0 Å². The Morgan fingerprint density at radius 2 is 1.75 bits per heavy atom. The monoisotopic (exact) mass is 465 g/mol. The molecule has 8 heteroatoms. The van der Waals surface area contributed by atoms with Crippen molar-refractivity contribution >= 4 is 57.3 Å². The lowest BCUT2D eigenvalue weighted by molar-refractivity contribution is -0.123. The van der Waals surface area contributed by atoms with E-state index in [9.17, 15) is 14.4 Å². The lowest BCUT2D eigenvalue weighted by Gasteiger charge is -2.21. The summed E-state index contributed by atoms with van der Waals surface area (Å²) in [5, 5.41) is 2.86. The molecule has 164 valence electrons. The first-order valence-electron chi connectivity index (χ1n) is 10.4. The first kappa shape index (κ1) is 22.2. The summed E-state index contributed by atoms with van der Waals surface area (Å²) >= 11 is 6.59. The average molecular weight is 466 g/mol. The largest absolute Gasteiger partial charge is 0.350 e. The fourth-order valence-corrected chi connectivity index (χ4v) is 5.28. The Balaban J connectivity index is 1.60. The summed E-state index contributed by atoms with van der Waals surface area (Å²) in [6.07, 6.45) is 0.757. The number of carbonyl (C=O) groups excluding carboxylic acids is 3. The smallest absolute Gasteiger partial charge is 0.267 e. The molecule has 32 heavy (non-hydrogen) atoms. The highest BCUT2D eigenvalue weighted by atomic mass is 32.2. The summed E-state index contributed by atoms with van der Waals surface area (Å²) in [6, 6.07) is 16.8. The number of hydrogen-bond donors (Lipinski definition) is 1. The van der Waals surface area contributed by atoms with Crippen LogP contribution in [-0.4, -0.2) is 39.5 Å². The number of anilines is 1. The Labute approximate surface area is 196 Å². The Morgan fingerprint density at radius 1 is 1.06 bits per heavy atom. The van der Waals surface area contributed by atoms with Gasteiger partial charge in [-0.05, 0) is 25.0 Å².